The first-order valence-corrected chi connectivity index (χ1v) is 7.95. The molecule has 0 bridgehead atoms. The molecule has 7 nitrogen and oxygen atoms in total. The standard InChI is InChI=1S/C11H12N2O5S2/c1-6-9(11(14)15)10(7(2)18-6)20(16,17)13-3-8-4-19-5-12-8/h4-5,13H,3H2,1-2H3,(H,14,15). The molecule has 0 aliphatic heterocycles. The van der Waals surface area contributed by atoms with Gasteiger partial charge in [0.05, 0.1) is 17.7 Å². The third kappa shape index (κ3) is 2.74. The SMILES string of the molecule is Cc1oc(C)c(S(=O)(=O)NCc2cscn2)c1C(=O)O. The summed E-state index contributed by atoms with van der Waals surface area (Å²) in [6.45, 7) is 2.82. The van der Waals surface area contributed by atoms with Gasteiger partial charge in [0.25, 0.3) is 0 Å². The molecule has 0 fully saturated rings. The van der Waals surface area contributed by atoms with E-state index >= 15 is 0 Å². The van der Waals surface area contributed by atoms with E-state index in [1.54, 1.807) is 10.9 Å². The minimum atomic E-state index is -3.98. The Labute approximate surface area is 119 Å². The van der Waals surface area contributed by atoms with Crippen LogP contribution in [0.2, 0.25) is 0 Å². The first kappa shape index (κ1) is 14.7. The number of nitrogens with one attached hydrogen (secondary N) is 1. The number of aromatic carboxylic acids is 1. The number of carboxylic acids is 1. The van der Waals surface area contributed by atoms with Crippen molar-refractivity contribution in [3.8, 4) is 0 Å². The van der Waals surface area contributed by atoms with Gasteiger partial charge in [-0.3, -0.25) is 0 Å². The van der Waals surface area contributed by atoms with Crippen molar-refractivity contribution in [3.63, 3.8) is 0 Å². The first-order valence-electron chi connectivity index (χ1n) is 5.53. The molecule has 0 amide bonds. The van der Waals surface area contributed by atoms with Crippen molar-refractivity contribution < 1.29 is 22.7 Å². The van der Waals surface area contributed by atoms with Crippen LogP contribution in [0, 0.1) is 13.8 Å². The smallest absolute Gasteiger partial charge is 0.340 e. The lowest BCUT2D eigenvalue weighted by Gasteiger charge is -2.05. The number of thiazole rings is 1. The number of rotatable bonds is 5. The van der Waals surface area contributed by atoms with Gasteiger partial charge in [-0.25, -0.2) is 22.9 Å². The van der Waals surface area contributed by atoms with Gasteiger partial charge in [-0.15, -0.1) is 11.3 Å². The van der Waals surface area contributed by atoms with E-state index in [9.17, 15) is 13.2 Å². The highest BCUT2D eigenvalue weighted by atomic mass is 32.2. The molecule has 2 heterocycles. The fourth-order valence-corrected chi connectivity index (χ4v) is 3.76. The number of sulfonamides is 1. The molecule has 0 unspecified atom stereocenters. The van der Waals surface area contributed by atoms with Crippen molar-refractivity contribution in [2.45, 2.75) is 25.3 Å². The van der Waals surface area contributed by atoms with Crippen LogP contribution in [0.1, 0.15) is 27.6 Å². The molecule has 0 aromatic carbocycles. The summed E-state index contributed by atoms with van der Waals surface area (Å²) in [5.41, 5.74) is 1.81. The van der Waals surface area contributed by atoms with Crippen molar-refractivity contribution in [2.24, 2.45) is 0 Å². The van der Waals surface area contributed by atoms with Crippen LogP contribution < -0.4 is 4.72 Å². The summed E-state index contributed by atoms with van der Waals surface area (Å²) in [6.07, 6.45) is 0. The predicted molar refractivity (Wildman–Crippen MR) is 71.3 cm³/mol. The van der Waals surface area contributed by atoms with E-state index in [2.05, 4.69) is 9.71 Å². The van der Waals surface area contributed by atoms with Gasteiger partial charge in [-0.05, 0) is 13.8 Å². The van der Waals surface area contributed by atoms with Gasteiger partial charge in [-0.2, -0.15) is 0 Å². The van der Waals surface area contributed by atoms with E-state index in [0.717, 1.165) is 0 Å². The summed E-state index contributed by atoms with van der Waals surface area (Å²) < 4.78 is 31.9. The molecule has 9 heteroatoms. The quantitative estimate of drug-likeness (QED) is 0.865. The molecule has 0 radical (unpaired) electrons. The van der Waals surface area contributed by atoms with Crippen LogP contribution in [0.4, 0.5) is 0 Å². The molecule has 2 aromatic heterocycles. The Bertz CT molecular complexity index is 731. The Hall–Kier alpha value is -1.71. The monoisotopic (exact) mass is 316 g/mol. The van der Waals surface area contributed by atoms with Crippen molar-refractivity contribution in [1.29, 1.82) is 0 Å². The highest BCUT2D eigenvalue weighted by molar-refractivity contribution is 7.89. The molecular weight excluding hydrogens is 304 g/mol. The molecular formula is C11H12N2O5S2. The molecule has 0 aliphatic rings. The molecule has 108 valence electrons. The molecule has 2 aromatic rings. The summed E-state index contributed by atoms with van der Waals surface area (Å²) in [5, 5.41) is 10.8. The van der Waals surface area contributed by atoms with E-state index in [1.165, 1.54) is 25.2 Å². The van der Waals surface area contributed by atoms with E-state index < -0.39 is 16.0 Å². The normalized spacial score (nSPS) is 11.7. The van der Waals surface area contributed by atoms with Crippen LogP contribution in [0.25, 0.3) is 0 Å². The summed E-state index contributed by atoms with van der Waals surface area (Å²) in [4.78, 5) is 14.8. The number of hydrogen-bond acceptors (Lipinski definition) is 6. The molecule has 0 aliphatic carbocycles. The maximum Gasteiger partial charge on any atom is 0.340 e. The largest absolute Gasteiger partial charge is 0.478 e. The van der Waals surface area contributed by atoms with Crippen molar-refractivity contribution in [2.75, 3.05) is 0 Å². The van der Waals surface area contributed by atoms with Gasteiger partial charge in [0.1, 0.15) is 22.0 Å². The highest BCUT2D eigenvalue weighted by Crippen LogP contribution is 2.26. The summed E-state index contributed by atoms with van der Waals surface area (Å²) in [5.74, 6) is -1.23. The van der Waals surface area contributed by atoms with Gasteiger partial charge in [0, 0.05) is 5.38 Å². The summed E-state index contributed by atoms with van der Waals surface area (Å²) >= 11 is 1.34. The number of carboxylic acid groups (broad SMARTS) is 1. The summed E-state index contributed by atoms with van der Waals surface area (Å²) in [7, 11) is -3.98. The first-order chi connectivity index (χ1) is 9.33. The second-order valence-electron chi connectivity index (χ2n) is 4.03. The van der Waals surface area contributed by atoms with Crippen LogP contribution in [0.15, 0.2) is 20.2 Å². The molecule has 20 heavy (non-hydrogen) atoms. The Morgan fingerprint density at radius 1 is 1.45 bits per heavy atom. The van der Waals surface area contributed by atoms with Crippen LogP contribution in [-0.2, 0) is 16.6 Å². The molecule has 0 atom stereocenters. The second kappa shape index (κ2) is 5.35. The lowest BCUT2D eigenvalue weighted by atomic mass is 10.2. The summed E-state index contributed by atoms with van der Waals surface area (Å²) in [6, 6.07) is 0. The Kier molecular flexibility index (Phi) is 3.93. The molecule has 0 spiro atoms. The van der Waals surface area contributed by atoms with E-state index in [4.69, 9.17) is 9.52 Å². The van der Waals surface area contributed by atoms with Crippen molar-refractivity contribution in [3.05, 3.63) is 33.7 Å². The maximum absolute atomic E-state index is 12.2. The zero-order chi connectivity index (χ0) is 14.9. The maximum atomic E-state index is 12.2. The topological polar surface area (TPSA) is 110 Å². The highest BCUT2D eigenvalue weighted by Gasteiger charge is 2.30. The Balaban J connectivity index is 2.37. The van der Waals surface area contributed by atoms with Crippen LogP contribution in [0.5, 0.6) is 0 Å². The van der Waals surface area contributed by atoms with Crippen molar-refractivity contribution in [1.82, 2.24) is 9.71 Å². The molecule has 2 N–H and O–H groups in total. The number of hydrogen-bond donors (Lipinski definition) is 2. The average molecular weight is 316 g/mol. The van der Waals surface area contributed by atoms with E-state index in [-0.39, 0.29) is 28.5 Å². The Morgan fingerprint density at radius 3 is 2.70 bits per heavy atom. The van der Waals surface area contributed by atoms with E-state index in [1.807, 2.05) is 0 Å². The van der Waals surface area contributed by atoms with Gasteiger partial charge in [0.15, 0.2) is 0 Å². The van der Waals surface area contributed by atoms with Gasteiger partial charge >= 0.3 is 5.97 Å². The van der Waals surface area contributed by atoms with Crippen LogP contribution >= 0.6 is 11.3 Å². The fraction of sp³-hybridized carbons (Fsp3) is 0.273. The third-order valence-corrected chi connectivity index (χ3v) is 4.80. The van der Waals surface area contributed by atoms with Crippen LogP contribution in [0.3, 0.4) is 0 Å². The average Bonchev–Trinajstić information content (AvgIpc) is 2.94. The lowest BCUT2D eigenvalue weighted by Crippen LogP contribution is -2.25. The minimum absolute atomic E-state index is 0.00540. The zero-order valence-electron chi connectivity index (χ0n) is 10.7. The number of aryl methyl sites for hydroxylation is 2. The Morgan fingerprint density at radius 2 is 2.15 bits per heavy atom. The number of furan rings is 1. The third-order valence-electron chi connectivity index (χ3n) is 2.61. The fourth-order valence-electron chi connectivity index (χ4n) is 1.80. The van der Waals surface area contributed by atoms with Crippen LogP contribution in [-0.4, -0.2) is 24.5 Å². The van der Waals surface area contributed by atoms with Gasteiger partial charge in [0.2, 0.25) is 10.0 Å². The molecule has 0 saturated carbocycles. The van der Waals surface area contributed by atoms with Gasteiger partial charge in [-0.1, -0.05) is 0 Å². The van der Waals surface area contributed by atoms with Gasteiger partial charge < -0.3 is 9.52 Å². The molecule has 2 rings (SSSR count). The van der Waals surface area contributed by atoms with E-state index in [0.29, 0.717) is 5.69 Å². The second-order valence-corrected chi connectivity index (χ2v) is 6.45. The molecule has 0 saturated heterocycles. The number of aromatic nitrogens is 1. The predicted octanol–water partition coefficient (Wildman–Crippen LogP) is 1.53. The van der Waals surface area contributed by atoms with Crippen molar-refractivity contribution >= 4 is 27.3 Å². The number of nitrogens with zero attached hydrogens (tertiary/aromatic N) is 1. The minimum Gasteiger partial charge on any atom is -0.478 e. The number of carbonyl (C=O) groups is 1. The lowest BCUT2D eigenvalue weighted by molar-refractivity contribution is 0.0691. The zero-order valence-corrected chi connectivity index (χ0v) is 12.3.